The quantitative estimate of drug-likeness (QED) is 0.762. The Morgan fingerprint density at radius 2 is 2.31 bits per heavy atom. The molecule has 0 spiro atoms. The molecule has 1 aromatic rings. The molecule has 1 rings (SSSR count). The molecule has 1 heterocycles. The van der Waals surface area contributed by atoms with E-state index in [0.717, 1.165) is 0 Å². The van der Waals surface area contributed by atoms with Crippen LogP contribution < -0.4 is 5.32 Å². The normalized spacial score (nSPS) is 14.8. The molecule has 5 nitrogen and oxygen atoms in total. The summed E-state index contributed by atoms with van der Waals surface area (Å²) in [5.41, 5.74) is 0. The van der Waals surface area contributed by atoms with Crippen LogP contribution in [0.3, 0.4) is 0 Å². The highest BCUT2D eigenvalue weighted by molar-refractivity contribution is 5.79. The number of carbonyl (C=O) groups is 1. The molecule has 2 unspecified atom stereocenters. The third kappa shape index (κ3) is 3.27. The number of nitrogens with one attached hydrogen (secondary N) is 1. The van der Waals surface area contributed by atoms with E-state index in [4.69, 9.17) is 5.11 Å². The lowest BCUT2D eigenvalue weighted by molar-refractivity contribution is -0.125. The standard InChI is InChI=1S/C9H13F2N3O2/c1-6(14-4-2-3-13-14)9(16)12-5-7(15)8(10)11/h2-4,6-8,15H,5H2,1H3,(H,12,16). The fourth-order valence-corrected chi connectivity index (χ4v) is 1.07. The van der Waals surface area contributed by atoms with Gasteiger partial charge in [-0.05, 0) is 13.0 Å². The van der Waals surface area contributed by atoms with E-state index in [1.54, 1.807) is 19.2 Å². The number of aliphatic hydroxyl groups excluding tert-OH is 1. The van der Waals surface area contributed by atoms with Crippen LogP contribution in [0.4, 0.5) is 8.78 Å². The van der Waals surface area contributed by atoms with E-state index in [-0.39, 0.29) is 0 Å². The Kier molecular flexibility index (Phi) is 4.36. The molecule has 0 aliphatic carbocycles. The van der Waals surface area contributed by atoms with Gasteiger partial charge in [-0.25, -0.2) is 8.78 Å². The second-order valence-corrected chi connectivity index (χ2v) is 3.31. The lowest BCUT2D eigenvalue weighted by atomic mass is 10.3. The summed E-state index contributed by atoms with van der Waals surface area (Å²) in [6.07, 6.45) is -1.60. The minimum absolute atomic E-state index is 0.469. The van der Waals surface area contributed by atoms with Crippen molar-refractivity contribution in [3.8, 4) is 0 Å². The Morgan fingerprint density at radius 1 is 1.62 bits per heavy atom. The molecule has 0 saturated heterocycles. The molecule has 16 heavy (non-hydrogen) atoms. The van der Waals surface area contributed by atoms with Crippen molar-refractivity contribution >= 4 is 5.91 Å². The van der Waals surface area contributed by atoms with Gasteiger partial charge in [-0.15, -0.1) is 0 Å². The van der Waals surface area contributed by atoms with Gasteiger partial charge in [-0.1, -0.05) is 0 Å². The molecule has 90 valence electrons. The molecule has 2 N–H and O–H groups in total. The fraction of sp³-hybridized carbons (Fsp3) is 0.556. The monoisotopic (exact) mass is 233 g/mol. The number of aliphatic hydroxyl groups is 1. The van der Waals surface area contributed by atoms with E-state index in [1.807, 2.05) is 0 Å². The summed E-state index contributed by atoms with van der Waals surface area (Å²) < 4.78 is 25.3. The summed E-state index contributed by atoms with van der Waals surface area (Å²) in [5.74, 6) is -0.469. The zero-order valence-corrected chi connectivity index (χ0v) is 8.68. The largest absolute Gasteiger partial charge is 0.385 e. The third-order valence-electron chi connectivity index (χ3n) is 2.08. The zero-order valence-electron chi connectivity index (χ0n) is 8.68. The highest BCUT2D eigenvalue weighted by Crippen LogP contribution is 2.04. The number of alkyl halides is 2. The van der Waals surface area contributed by atoms with Crippen molar-refractivity contribution in [2.24, 2.45) is 0 Å². The summed E-state index contributed by atoms with van der Waals surface area (Å²) in [6.45, 7) is 1.11. The minimum atomic E-state index is -2.86. The molecule has 0 aliphatic rings. The molecule has 7 heteroatoms. The van der Waals surface area contributed by atoms with Crippen LogP contribution in [-0.4, -0.2) is 39.9 Å². The van der Waals surface area contributed by atoms with E-state index >= 15 is 0 Å². The van der Waals surface area contributed by atoms with Gasteiger partial charge in [0.05, 0.1) is 0 Å². The summed E-state index contributed by atoms with van der Waals surface area (Å²) in [6, 6.07) is 1.05. The maximum Gasteiger partial charge on any atom is 0.265 e. The first-order valence-electron chi connectivity index (χ1n) is 4.75. The summed E-state index contributed by atoms with van der Waals surface area (Å²) in [5, 5.41) is 14.9. The maximum atomic E-state index is 11.9. The number of aromatic nitrogens is 2. The van der Waals surface area contributed by atoms with Crippen molar-refractivity contribution in [1.29, 1.82) is 0 Å². The number of carbonyl (C=O) groups excluding carboxylic acids is 1. The van der Waals surface area contributed by atoms with Gasteiger partial charge in [-0.2, -0.15) is 5.10 Å². The van der Waals surface area contributed by atoms with E-state index < -0.39 is 31.0 Å². The molecular formula is C9H13F2N3O2. The van der Waals surface area contributed by atoms with Crippen molar-refractivity contribution in [2.45, 2.75) is 25.5 Å². The number of amides is 1. The molecular weight excluding hydrogens is 220 g/mol. The second-order valence-electron chi connectivity index (χ2n) is 3.31. The first kappa shape index (κ1) is 12.6. The molecule has 1 aromatic heterocycles. The lowest BCUT2D eigenvalue weighted by Crippen LogP contribution is -2.39. The van der Waals surface area contributed by atoms with Crippen molar-refractivity contribution in [3.63, 3.8) is 0 Å². The number of rotatable bonds is 5. The number of hydrogen-bond donors (Lipinski definition) is 2. The first-order valence-corrected chi connectivity index (χ1v) is 4.75. The van der Waals surface area contributed by atoms with Gasteiger partial charge in [0, 0.05) is 18.9 Å². The molecule has 0 saturated carbocycles. The Morgan fingerprint density at radius 3 is 2.81 bits per heavy atom. The van der Waals surface area contributed by atoms with Crippen LogP contribution in [0.25, 0.3) is 0 Å². The van der Waals surface area contributed by atoms with Gasteiger partial charge in [0.15, 0.2) is 0 Å². The lowest BCUT2D eigenvalue weighted by Gasteiger charge is -2.14. The van der Waals surface area contributed by atoms with Crippen molar-refractivity contribution < 1.29 is 18.7 Å². The van der Waals surface area contributed by atoms with Crippen LogP contribution >= 0.6 is 0 Å². The number of nitrogens with zero attached hydrogens (tertiary/aromatic N) is 2. The van der Waals surface area contributed by atoms with Crippen LogP contribution in [0.1, 0.15) is 13.0 Å². The smallest absolute Gasteiger partial charge is 0.265 e. The average Bonchev–Trinajstić information content (AvgIpc) is 2.77. The predicted molar refractivity (Wildman–Crippen MR) is 52.0 cm³/mol. The van der Waals surface area contributed by atoms with Gasteiger partial charge in [0.1, 0.15) is 12.1 Å². The Bertz CT molecular complexity index is 330. The molecule has 1 amide bonds. The molecule has 2 atom stereocenters. The summed E-state index contributed by atoms with van der Waals surface area (Å²) in [4.78, 5) is 11.4. The van der Waals surface area contributed by atoms with E-state index in [9.17, 15) is 13.6 Å². The molecule has 0 radical (unpaired) electrons. The van der Waals surface area contributed by atoms with Crippen LogP contribution in [0, 0.1) is 0 Å². The Labute approximate surface area is 91.1 Å². The van der Waals surface area contributed by atoms with Crippen LogP contribution in [-0.2, 0) is 4.79 Å². The third-order valence-corrected chi connectivity index (χ3v) is 2.08. The van der Waals surface area contributed by atoms with E-state index in [2.05, 4.69) is 10.4 Å². The summed E-state index contributed by atoms with van der Waals surface area (Å²) in [7, 11) is 0. The Balaban J connectivity index is 2.41. The predicted octanol–water partition coefficient (Wildman–Crippen LogP) is 0.186. The molecule has 0 bridgehead atoms. The molecule has 0 aromatic carbocycles. The van der Waals surface area contributed by atoms with Gasteiger partial charge in [-0.3, -0.25) is 9.48 Å². The second kappa shape index (κ2) is 5.55. The van der Waals surface area contributed by atoms with E-state index in [1.165, 1.54) is 10.9 Å². The van der Waals surface area contributed by atoms with Gasteiger partial charge < -0.3 is 10.4 Å². The van der Waals surface area contributed by atoms with Crippen molar-refractivity contribution in [1.82, 2.24) is 15.1 Å². The van der Waals surface area contributed by atoms with Crippen molar-refractivity contribution in [2.75, 3.05) is 6.54 Å². The first-order chi connectivity index (χ1) is 7.52. The number of hydrogen-bond acceptors (Lipinski definition) is 3. The van der Waals surface area contributed by atoms with E-state index in [0.29, 0.717) is 0 Å². The Hall–Kier alpha value is -1.50. The SMILES string of the molecule is CC(C(=O)NCC(O)C(F)F)n1cccn1. The van der Waals surface area contributed by atoms with Crippen LogP contribution in [0.5, 0.6) is 0 Å². The highest BCUT2D eigenvalue weighted by Gasteiger charge is 2.20. The zero-order chi connectivity index (χ0) is 12.1. The summed E-state index contributed by atoms with van der Waals surface area (Å²) >= 11 is 0. The van der Waals surface area contributed by atoms with Gasteiger partial charge >= 0.3 is 0 Å². The van der Waals surface area contributed by atoms with Crippen molar-refractivity contribution in [3.05, 3.63) is 18.5 Å². The van der Waals surface area contributed by atoms with Gasteiger partial charge in [0.25, 0.3) is 6.43 Å². The van der Waals surface area contributed by atoms with Crippen LogP contribution in [0.2, 0.25) is 0 Å². The topological polar surface area (TPSA) is 67.2 Å². The minimum Gasteiger partial charge on any atom is -0.385 e. The molecule has 0 aliphatic heterocycles. The maximum absolute atomic E-state index is 11.9. The number of halogens is 2. The average molecular weight is 233 g/mol. The fourth-order valence-electron chi connectivity index (χ4n) is 1.07. The van der Waals surface area contributed by atoms with Gasteiger partial charge in [0.2, 0.25) is 5.91 Å². The van der Waals surface area contributed by atoms with Crippen LogP contribution in [0.15, 0.2) is 18.5 Å². The highest BCUT2D eigenvalue weighted by atomic mass is 19.3. The molecule has 0 fully saturated rings.